The number of nitrogens with zero attached hydrogens (tertiary/aromatic N) is 2. The van der Waals surface area contributed by atoms with Crippen LogP contribution in [0.15, 0.2) is 29.2 Å². The molecule has 2 fully saturated rings. The van der Waals surface area contributed by atoms with Crippen molar-refractivity contribution in [1.82, 2.24) is 4.90 Å². The number of carbonyl (C=O) groups excluding carboxylic acids is 2. The topological polar surface area (TPSA) is 49.9 Å². The van der Waals surface area contributed by atoms with Crippen LogP contribution in [0.5, 0.6) is 0 Å². The van der Waals surface area contributed by atoms with Gasteiger partial charge in [-0.15, -0.1) is 0 Å². The van der Waals surface area contributed by atoms with Crippen molar-refractivity contribution in [1.29, 1.82) is 0 Å². The van der Waals surface area contributed by atoms with E-state index < -0.39 is 0 Å². The summed E-state index contributed by atoms with van der Waals surface area (Å²) in [7, 11) is 0. The number of amides is 2. The van der Waals surface area contributed by atoms with Gasteiger partial charge < -0.3 is 9.64 Å². The van der Waals surface area contributed by atoms with Crippen molar-refractivity contribution in [2.75, 3.05) is 31.2 Å². The molecule has 2 heterocycles. The molecule has 0 aromatic heterocycles. The van der Waals surface area contributed by atoms with Crippen molar-refractivity contribution in [3.63, 3.8) is 0 Å². The number of hydrogen-bond donors (Lipinski definition) is 0. The molecule has 2 aliphatic heterocycles. The first-order chi connectivity index (χ1) is 11.6. The molecule has 0 saturated carbocycles. The van der Waals surface area contributed by atoms with Crippen molar-refractivity contribution in [3.05, 3.63) is 34.7 Å². The smallest absolute Gasteiger partial charge is 0.293 e. The van der Waals surface area contributed by atoms with Crippen LogP contribution < -0.4 is 4.90 Å². The zero-order valence-corrected chi connectivity index (χ0v) is 14.8. The summed E-state index contributed by atoms with van der Waals surface area (Å²) in [5, 5.41) is -0.175. The zero-order valence-electron chi connectivity index (χ0n) is 14.0. The number of thioether (sulfide) groups is 1. The first-order valence-electron chi connectivity index (χ1n) is 8.30. The van der Waals surface area contributed by atoms with Gasteiger partial charge in [0, 0.05) is 24.8 Å². The van der Waals surface area contributed by atoms with E-state index in [9.17, 15) is 9.59 Å². The number of imide groups is 1. The fourth-order valence-electron chi connectivity index (χ4n) is 2.80. The molecule has 3 rings (SSSR count). The van der Waals surface area contributed by atoms with Crippen LogP contribution in [0.25, 0.3) is 6.08 Å². The van der Waals surface area contributed by atoms with E-state index >= 15 is 0 Å². The first kappa shape index (κ1) is 17.0. The number of anilines is 1. The molecule has 1 atom stereocenters. The van der Waals surface area contributed by atoms with Crippen LogP contribution in [0, 0.1) is 0 Å². The van der Waals surface area contributed by atoms with Gasteiger partial charge in [-0.3, -0.25) is 14.5 Å². The highest BCUT2D eigenvalue weighted by atomic mass is 32.2. The lowest BCUT2D eigenvalue weighted by Gasteiger charge is -2.28. The largest absolute Gasteiger partial charge is 0.378 e. The zero-order chi connectivity index (χ0) is 17.1. The number of hydrogen-bond acceptors (Lipinski definition) is 5. The maximum atomic E-state index is 12.4. The Morgan fingerprint density at radius 1 is 1.21 bits per heavy atom. The average Bonchev–Trinajstić information content (AvgIpc) is 2.89. The molecule has 0 spiro atoms. The minimum absolute atomic E-state index is 0.0629. The van der Waals surface area contributed by atoms with E-state index in [1.807, 2.05) is 26.0 Å². The number of morpholine rings is 1. The van der Waals surface area contributed by atoms with E-state index in [0.717, 1.165) is 55.7 Å². The molecule has 0 radical (unpaired) electrons. The van der Waals surface area contributed by atoms with E-state index in [1.54, 1.807) is 6.08 Å². The summed E-state index contributed by atoms with van der Waals surface area (Å²) < 4.78 is 5.37. The molecule has 2 aliphatic rings. The molecule has 0 unspecified atom stereocenters. The third-order valence-corrected chi connectivity index (χ3v) is 5.31. The predicted octanol–water partition coefficient (Wildman–Crippen LogP) is 3.36. The molecule has 2 amide bonds. The molecule has 24 heavy (non-hydrogen) atoms. The molecule has 128 valence electrons. The molecule has 6 heteroatoms. The van der Waals surface area contributed by atoms with Gasteiger partial charge in [-0.2, -0.15) is 0 Å². The van der Waals surface area contributed by atoms with E-state index in [-0.39, 0.29) is 17.2 Å². The van der Waals surface area contributed by atoms with Crippen LogP contribution in [-0.2, 0) is 9.53 Å². The molecule has 0 aliphatic carbocycles. The molecular weight excluding hydrogens is 324 g/mol. The fraction of sp³-hybridized carbons (Fsp3) is 0.444. The summed E-state index contributed by atoms with van der Waals surface area (Å²) in [5.74, 6) is -0.184. The van der Waals surface area contributed by atoms with Crippen molar-refractivity contribution < 1.29 is 14.3 Å². The van der Waals surface area contributed by atoms with Gasteiger partial charge >= 0.3 is 0 Å². The highest BCUT2D eigenvalue weighted by molar-refractivity contribution is 8.18. The highest BCUT2D eigenvalue weighted by Crippen LogP contribution is 2.34. The van der Waals surface area contributed by atoms with Crippen molar-refractivity contribution in [2.45, 2.75) is 26.3 Å². The monoisotopic (exact) mass is 346 g/mol. The van der Waals surface area contributed by atoms with E-state index in [0.29, 0.717) is 4.91 Å². The lowest BCUT2D eigenvalue weighted by Crippen LogP contribution is -2.36. The van der Waals surface area contributed by atoms with Crippen LogP contribution in [0.1, 0.15) is 25.8 Å². The van der Waals surface area contributed by atoms with Gasteiger partial charge in [0.15, 0.2) is 0 Å². The second-order valence-electron chi connectivity index (χ2n) is 6.00. The Morgan fingerprint density at radius 2 is 1.88 bits per heavy atom. The molecule has 5 nitrogen and oxygen atoms in total. The van der Waals surface area contributed by atoms with Gasteiger partial charge in [0.05, 0.1) is 18.1 Å². The third kappa shape index (κ3) is 3.49. The number of ether oxygens (including phenoxy) is 1. The van der Waals surface area contributed by atoms with Crippen LogP contribution in [0.4, 0.5) is 10.5 Å². The summed E-state index contributed by atoms with van der Waals surface area (Å²) in [6, 6.07) is 8.02. The normalized spacial score (nSPS) is 21.7. The first-order valence-corrected chi connectivity index (χ1v) is 9.11. The van der Waals surface area contributed by atoms with Gasteiger partial charge in [0.2, 0.25) is 0 Å². The van der Waals surface area contributed by atoms with Crippen LogP contribution >= 0.6 is 11.8 Å². The molecule has 1 aromatic carbocycles. The Balaban J connectivity index is 1.74. The van der Waals surface area contributed by atoms with Crippen LogP contribution in [-0.4, -0.2) is 48.4 Å². The Morgan fingerprint density at radius 3 is 2.50 bits per heavy atom. The summed E-state index contributed by atoms with van der Waals surface area (Å²) in [4.78, 5) is 28.6. The van der Waals surface area contributed by atoms with Gasteiger partial charge in [-0.25, -0.2) is 0 Å². The average molecular weight is 346 g/mol. The summed E-state index contributed by atoms with van der Waals surface area (Å²) in [6.45, 7) is 7.17. The van der Waals surface area contributed by atoms with E-state index in [4.69, 9.17) is 4.74 Å². The molecule has 0 N–H and O–H groups in total. The van der Waals surface area contributed by atoms with Gasteiger partial charge in [0.25, 0.3) is 11.1 Å². The number of benzene rings is 1. The maximum absolute atomic E-state index is 12.4. The Labute approximate surface area is 146 Å². The lowest BCUT2D eigenvalue weighted by atomic mass is 10.1. The Hall–Kier alpha value is -1.79. The fourth-order valence-corrected chi connectivity index (χ4v) is 3.73. The Kier molecular flexibility index (Phi) is 5.26. The van der Waals surface area contributed by atoms with E-state index in [2.05, 4.69) is 17.0 Å². The van der Waals surface area contributed by atoms with Crippen molar-refractivity contribution >= 4 is 34.7 Å². The minimum atomic E-state index is -0.184. The Bertz CT molecular complexity index is 651. The minimum Gasteiger partial charge on any atom is -0.378 e. The summed E-state index contributed by atoms with van der Waals surface area (Å²) in [5.41, 5.74) is 2.09. The third-order valence-electron chi connectivity index (χ3n) is 4.42. The maximum Gasteiger partial charge on any atom is 0.293 e. The van der Waals surface area contributed by atoms with E-state index in [1.165, 1.54) is 4.90 Å². The van der Waals surface area contributed by atoms with Gasteiger partial charge in [-0.05, 0) is 48.9 Å². The van der Waals surface area contributed by atoms with Crippen molar-refractivity contribution in [3.8, 4) is 0 Å². The quantitative estimate of drug-likeness (QED) is 0.783. The summed E-state index contributed by atoms with van der Waals surface area (Å²) >= 11 is 1.02. The van der Waals surface area contributed by atoms with Crippen LogP contribution in [0.3, 0.4) is 0 Å². The van der Waals surface area contributed by atoms with Crippen LogP contribution in [0.2, 0.25) is 0 Å². The molecule has 2 saturated heterocycles. The second-order valence-corrected chi connectivity index (χ2v) is 6.99. The van der Waals surface area contributed by atoms with Crippen molar-refractivity contribution in [2.24, 2.45) is 0 Å². The SMILES string of the molecule is CC[C@@H](C)N1C(=O)S/C(=C\c2ccc(N3CCOCC3)cc2)C1=O. The molecule has 0 bridgehead atoms. The van der Waals surface area contributed by atoms with Gasteiger partial charge in [-0.1, -0.05) is 19.1 Å². The number of carbonyl (C=O) groups is 2. The molecular formula is C18H22N2O3S. The molecule has 1 aromatic rings. The number of rotatable bonds is 4. The predicted molar refractivity (Wildman–Crippen MR) is 97.0 cm³/mol. The lowest BCUT2D eigenvalue weighted by molar-refractivity contribution is -0.124. The van der Waals surface area contributed by atoms with Gasteiger partial charge in [0.1, 0.15) is 0 Å². The highest BCUT2D eigenvalue weighted by Gasteiger charge is 2.37. The standard InChI is InChI=1S/C18H22N2O3S/c1-3-13(2)20-17(21)16(24-18(20)22)12-14-4-6-15(7-5-14)19-8-10-23-11-9-19/h4-7,12-13H,3,8-11H2,1-2H3/b16-12-/t13-/m1/s1. The second kappa shape index (κ2) is 7.40. The summed E-state index contributed by atoms with van der Waals surface area (Å²) in [6.07, 6.45) is 2.57.